The van der Waals surface area contributed by atoms with Gasteiger partial charge in [-0.3, -0.25) is 4.79 Å². The van der Waals surface area contributed by atoms with Crippen molar-refractivity contribution in [2.24, 2.45) is 5.92 Å². The monoisotopic (exact) mass is 261 g/mol. The minimum absolute atomic E-state index is 0.175. The van der Waals surface area contributed by atoms with Crippen LogP contribution in [0.3, 0.4) is 0 Å². The van der Waals surface area contributed by atoms with Gasteiger partial charge in [0, 0.05) is 5.39 Å². The van der Waals surface area contributed by atoms with Gasteiger partial charge in [-0.05, 0) is 54.8 Å². The predicted molar refractivity (Wildman–Crippen MR) is 72.1 cm³/mol. The summed E-state index contributed by atoms with van der Waals surface area (Å²) in [5, 5.41) is 10.2. The van der Waals surface area contributed by atoms with Crippen molar-refractivity contribution in [1.29, 1.82) is 0 Å². The number of rotatable bonds is 4. The molecule has 0 radical (unpaired) electrons. The number of fused-ring (bicyclic) bond motifs is 1. The summed E-state index contributed by atoms with van der Waals surface area (Å²) in [6.07, 6.45) is 2.57. The van der Waals surface area contributed by atoms with Gasteiger partial charge in [-0.1, -0.05) is 12.1 Å². The van der Waals surface area contributed by atoms with Gasteiger partial charge in [-0.15, -0.1) is 0 Å². The second kappa shape index (κ2) is 4.35. The summed E-state index contributed by atoms with van der Waals surface area (Å²) in [6, 6.07) is 6.29. The average molecular weight is 261 g/mol. The van der Waals surface area contributed by atoms with E-state index in [1.54, 1.807) is 0 Å². The Kier molecular flexibility index (Phi) is 2.82. The summed E-state index contributed by atoms with van der Waals surface area (Å²) >= 11 is 1.50. The maximum absolute atomic E-state index is 11.0. The fourth-order valence-corrected chi connectivity index (χ4v) is 3.39. The lowest BCUT2D eigenvalue weighted by Crippen LogP contribution is -2.08. The van der Waals surface area contributed by atoms with E-state index in [4.69, 9.17) is 5.11 Å². The Morgan fingerprint density at radius 3 is 3.00 bits per heavy atom. The van der Waals surface area contributed by atoms with Gasteiger partial charge in [0.2, 0.25) is 0 Å². The first-order chi connectivity index (χ1) is 8.65. The van der Waals surface area contributed by atoms with Crippen LogP contribution in [0.1, 0.15) is 36.4 Å². The molecule has 0 spiro atoms. The SMILES string of the molecule is Cc1nsc2cc(C(CC(=O)O)C3CC3)ccc12. The highest BCUT2D eigenvalue weighted by Gasteiger charge is 2.33. The molecule has 1 aliphatic carbocycles. The lowest BCUT2D eigenvalue weighted by Gasteiger charge is -2.14. The zero-order valence-electron chi connectivity index (χ0n) is 10.2. The van der Waals surface area contributed by atoms with Gasteiger partial charge in [-0.25, -0.2) is 0 Å². The van der Waals surface area contributed by atoms with Crippen LogP contribution >= 0.6 is 11.5 Å². The summed E-state index contributed by atoms with van der Waals surface area (Å²) in [7, 11) is 0. The molecule has 0 saturated heterocycles. The average Bonchev–Trinajstić information content (AvgIpc) is 3.11. The molecule has 94 valence electrons. The van der Waals surface area contributed by atoms with Crippen LogP contribution in [-0.2, 0) is 4.79 Å². The lowest BCUT2D eigenvalue weighted by atomic mass is 9.90. The van der Waals surface area contributed by atoms with Crippen LogP contribution in [0.4, 0.5) is 0 Å². The van der Waals surface area contributed by atoms with Crippen molar-refractivity contribution in [3.8, 4) is 0 Å². The molecule has 1 fully saturated rings. The molecule has 4 heteroatoms. The first-order valence-corrected chi connectivity index (χ1v) is 7.00. The molecule has 1 N–H and O–H groups in total. The van der Waals surface area contributed by atoms with Crippen LogP contribution in [0.25, 0.3) is 10.1 Å². The molecule has 0 bridgehead atoms. The molecule has 1 unspecified atom stereocenters. The number of aromatic nitrogens is 1. The Bertz CT molecular complexity index is 601. The fraction of sp³-hybridized carbons (Fsp3) is 0.429. The highest BCUT2D eigenvalue weighted by atomic mass is 32.1. The summed E-state index contributed by atoms with van der Waals surface area (Å²) < 4.78 is 5.51. The first kappa shape index (κ1) is 11.7. The Labute approximate surface area is 110 Å². The second-order valence-corrected chi connectivity index (χ2v) is 5.87. The van der Waals surface area contributed by atoms with Gasteiger partial charge in [0.05, 0.1) is 16.8 Å². The standard InChI is InChI=1S/C14H15NO2S/c1-8-11-5-4-10(6-13(11)18-15-8)12(7-14(16)17)9-2-3-9/h4-6,9,12H,2-3,7H2,1H3,(H,16,17). The predicted octanol–water partition coefficient (Wildman–Crippen LogP) is 3.57. The highest BCUT2D eigenvalue weighted by molar-refractivity contribution is 7.13. The van der Waals surface area contributed by atoms with Crippen LogP contribution in [0.15, 0.2) is 18.2 Å². The van der Waals surface area contributed by atoms with Crippen molar-refractivity contribution in [3.63, 3.8) is 0 Å². The van der Waals surface area contributed by atoms with Crippen LogP contribution in [0.5, 0.6) is 0 Å². The van der Waals surface area contributed by atoms with Gasteiger partial charge >= 0.3 is 5.97 Å². The van der Waals surface area contributed by atoms with Crippen molar-refractivity contribution < 1.29 is 9.90 Å². The number of carbonyl (C=O) groups is 1. The molecule has 1 aliphatic rings. The topological polar surface area (TPSA) is 50.2 Å². The molecule has 1 heterocycles. The van der Waals surface area contributed by atoms with Gasteiger partial charge < -0.3 is 5.11 Å². The number of benzene rings is 1. The number of carboxylic acid groups (broad SMARTS) is 1. The summed E-state index contributed by atoms with van der Waals surface area (Å²) in [6.45, 7) is 2.01. The minimum Gasteiger partial charge on any atom is -0.481 e. The molecule has 3 nitrogen and oxygen atoms in total. The third-order valence-electron chi connectivity index (χ3n) is 3.69. The zero-order chi connectivity index (χ0) is 12.7. The Morgan fingerprint density at radius 1 is 1.56 bits per heavy atom. The quantitative estimate of drug-likeness (QED) is 0.915. The number of hydrogen-bond donors (Lipinski definition) is 1. The van der Waals surface area contributed by atoms with E-state index in [-0.39, 0.29) is 12.3 Å². The summed E-state index contributed by atoms with van der Waals surface area (Å²) in [5.74, 6) is 0.0364. The van der Waals surface area contributed by atoms with E-state index in [0.717, 1.165) is 24.1 Å². The first-order valence-electron chi connectivity index (χ1n) is 6.23. The van der Waals surface area contributed by atoms with Crippen LogP contribution < -0.4 is 0 Å². The fourth-order valence-electron chi connectivity index (χ4n) is 2.55. The smallest absolute Gasteiger partial charge is 0.303 e. The molecule has 1 atom stereocenters. The van der Waals surface area contributed by atoms with Gasteiger partial charge in [0.15, 0.2) is 0 Å². The molecule has 18 heavy (non-hydrogen) atoms. The number of nitrogens with zero attached hydrogens (tertiary/aromatic N) is 1. The van der Waals surface area contributed by atoms with Crippen molar-refractivity contribution in [1.82, 2.24) is 4.37 Å². The minimum atomic E-state index is -0.701. The molecule has 1 aromatic carbocycles. The number of carboxylic acids is 1. The normalized spacial score (nSPS) is 16.9. The maximum atomic E-state index is 11.0. The van der Waals surface area contributed by atoms with Crippen molar-refractivity contribution in [2.75, 3.05) is 0 Å². The zero-order valence-corrected chi connectivity index (χ0v) is 11.0. The molecule has 0 amide bonds. The van der Waals surface area contributed by atoms with Crippen molar-refractivity contribution >= 4 is 27.6 Å². The molecule has 1 saturated carbocycles. The van der Waals surface area contributed by atoms with E-state index in [0.29, 0.717) is 5.92 Å². The van der Waals surface area contributed by atoms with Gasteiger partial charge in [-0.2, -0.15) is 4.37 Å². The Hall–Kier alpha value is -1.42. The molecule has 3 rings (SSSR count). The largest absolute Gasteiger partial charge is 0.481 e. The van der Waals surface area contributed by atoms with Crippen LogP contribution in [0.2, 0.25) is 0 Å². The maximum Gasteiger partial charge on any atom is 0.303 e. The van der Waals surface area contributed by atoms with E-state index in [1.165, 1.54) is 21.6 Å². The molecule has 1 aromatic heterocycles. The van der Waals surface area contributed by atoms with Crippen LogP contribution in [0, 0.1) is 12.8 Å². The molecular formula is C14H15NO2S. The third kappa shape index (κ3) is 2.12. The Balaban J connectivity index is 1.98. The van der Waals surface area contributed by atoms with E-state index >= 15 is 0 Å². The molecule has 2 aromatic rings. The summed E-state index contributed by atoms with van der Waals surface area (Å²) in [5.41, 5.74) is 2.22. The lowest BCUT2D eigenvalue weighted by molar-refractivity contribution is -0.137. The Morgan fingerprint density at radius 2 is 2.33 bits per heavy atom. The van der Waals surface area contributed by atoms with Crippen molar-refractivity contribution in [2.45, 2.75) is 32.1 Å². The number of aryl methyl sites for hydroxylation is 1. The second-order valence-electron chi connectivity index (χ2n) is 5.07. The highest BCUT2D eigenvalue weighted by Crippen LogP contribution is 2.45. The summed E-state index contributed by atoms with van der Waals surface area (Å²) in [4.78, 5) is 11.0. The van der Waals surface area contributed by atoms with E-state index in [1.807, 2.05) is 6.92 Å². The van der Waals surface area contributed by atoms with Crippen LogP contribution in [-0.4, -0.2) is 15.4 Å². The number of hydrogen-bond acceptors (Lipinski definition) is 3. The van der Waals surface area contributed by atoms with E-state index in [2.05, 4.69) is 22.6 Å². The molecule has 0 aliphatic heterocycles. The number of aliphatic carboxylic acids is 1. The molecular weight excluding hydrogens is 246 g/mol. The third-order valence-corrected chi connectivity index (χ3v) is 4.59. The van der Waals surface area contributed by atoms with Crippen molar-refractivity contribution in [3.05, 3.63) is 29.5 Å². The van der Waals surface area contributed by atoms with Gasteiger partial charge in [0.1, 0.15) is 0 Å². The van der Waals surface area contributed by atoms with Gasteiger partial charge in [0.25, 0.3) is 0 Å². The van der Waals surface area contributed by atoms with E-state index in [9.17, 15) is 4.79 Å². The van der Waals surface area contributed by atoms with E-state index < -0.39 is 5.97 Å².